The Morgan fingerprint density at radius 1 is 1.07 bits per heavy atom. The van der Waals surface area contributed by atoms with Gasteiger partial charge >= 0.3 is 0 Å². The van der Waals surface area contributed by atoms with Gasteiger partial charge in [-0.2, -0.15) is 5.10 Å². The predicted octanol–water partition coefficient (Wildman–Crippen LogP) is 3.63. The second-order valence-corrected chi connectivity index (χ2v) is 7.20. The Balaban J connectivity index is 1.49. The van der Waals surface area contributed by atoms with E-state index in [9.17, 15) is 4.79 Å². The fourth-order valence-corrected chi connectivity index (χ4v) is 3.78. The van der Waals surface area contributed by atoms with Gasteiger partial charge in [0.15, 0.2) is 0 Å². The van der Waals surface area contributed by atoms with Crippen molar-refractivity contribution in [1.82, 2.24) is 20.4 Å². The minimum absolute atomic E-state index is 0.122. The monoisotopic (exact) mass is 374 g/mol. The molecule has 3 aromatic rings. The van der Waals surface area contributed by atoms with E-state index in [-0.39, 0.29) is 5.91 Å². The van der Waals surface area contributed by atoms with Crippen LogP contribution >= 0.6 is 0 Å². The van der Waals surface area contributed by atoms with Crippen LogP contribution in [0.15, 0.2) is 54.6 Å². The van der Waals surface area contributed by atoms with Gasteiger partial charge in [-0.25, -0.2) is 0 Å². The van der Waals surface area contributed by atoms with E-state index in [1.54, 1.807) is 0 Å². The zero-order valence-electron chi connectivity index (χ0n) is 16.2. The first-order valence-corrected chi connectivity index (χ1v) is 9.95. The summed E-state index contributed by atoms with van der Waals surface area (Å²) in [6.07, 6.45) is 1.49. The molecule has 144 valence electrons. The van der Waals surface area contributed by atoms with Crippen LogP contribution in [0, 0.1) is 0 Å². The van der Waals surface area contributed by atoms with Crippen molar-refractivity contribution in [3.8, 4) is 22.4 Å². The molecule has 28 heavy (non-hydrogen) atoms. The number of hydrogen-bond acceptors (Lipinski definition) is 3. The van der Waals surface area contributed by atoms with Crippen LogP contribution < -0.4 is 5.32 Å². The Kier molecular flexibility index (Phi) is 5.53. The van der Waals surface area contributed by atoms with Crippen LogP contribution in [0.5, 0.6) is 0 Å². The van der Waals surface area contributed by atoms with Crippen LogP contribution in [0.1, 0.15) is 24.6 Å². The summed E-state index contributed by atoms with van der Waals surface area (Å²) >= 11 is 0. The van der Waals surface area contributed by atoms with Crippen molar-refractivity contribution in [2.24, 2.45) is 0 Å². The molecular formula is C23H26N4O. The minimum Gasteiger partial charge on any atom is -0.356 e. The molecule has 4 rings (SSSR count). The van der Waals surface area contributed by atoms with Crippen LogP contribution in [0.4, 0.5) is 0 Å². The first kappa shape index (κ1) is 18.4. The number of H-pyrrole nitrogens is 1. The van der Waals surface area contributed by atoms with Crippen LogP contribution in [-0.2, 0) is 17.8 Å². The first-order chi connectivity index (χ1) is 13.7. The molecule has 0 saturated heterocycles. The molecule has 0 unspecified atom stereocenters. The number of nitrogens with one attached hydrogen (secondary N) is 2. The maximum Gasteiger partial charge on any atom is 0.221 e. The summed E-state index contributed by atoms with van der Waals surface area (Å²) < 4.78 is 0. The topological polar surface area (TPSA) is 61.0 Å². The highest BCUT2D eigenvalue weighted by molar-refractivity contribution is 5.76. The summed E-state index contributed by atoms with van der Waals surface area (Å²) in [7, 11) is 0. The van der Waals surface area contributed by atoms with Gasteiger partial charge in [0.2, 0.25) is 5.91 Å². The van der Waals surface area contributed by atoms with Crippen molar-refractivity contribution >= 4 is 5.91 Å². The smallest absolute Gasteiger partial charge is 0.221 e. The predicted molar refractivity (Wildman–Crippen MR) is 112 cm³/mol. The zero-order chi connectivity index (χ0) is 19.3. The Bertz CT molecular complexity index is 931. The van der Waals surface area contributed by atoms with Crippen LogP contribution in [0.3, 0.4) is 0 Å². The standard InChI is InChI=1S/C23H26N4O/c1-2-24-22(28)13-15-27-14-12-21-20(16-27)23(26-25-21)19-10-8-18(9-11-19)17-6-4-3-5-7-17/h3-11H,2,12-16H2,1H3,(H,24,28)(H,25,26). The van der Waals surface area contributed by atoms with Gasteiger partial charge in [-0.15, -0.1) is 0 Å². The molecule has 5 nitrogen and oxygen atoms in total. The molecule has 5 heteroatoms. The molecule has 0 spiro atoms. The highest BCUT2D eigenvalue weighted by Crippen LogP contribution is 2.30. The third-order valence-electron chi connectivity index (χ3n) is 5.31. The van der Waals surface area contributed by atoms with Crippen molar-refractivity contribution in [3.63, 3.8) is 0 Å². The summed E-state index contributed by atoms with van der Waals surface area (Å²) in [5.41, 5.74) is 7.05. The molecule has 2 aromatic carbocycles. The van der Waals surface area contributed by atoms with Gasteiger partial charge in [0.25, 0.3) is 0 Å². The van der Waals surface area contributed by atoms with Crippen LogP contribution in [0.25, 0.3) is 22.4 Å². The van der Waals surface area contributed by atoms with Crippen molar-refractivity contribution < 1.29 is 4.79 Å². The Hall–Kier alpha value is -2.92. The zero-order valence-corrected chi connectivity index (χ0v) is 16.2. The molecule has 1 aliphatic rings. The Labute approximate surface area is 165 Å². The lowest BCUT2D eigenvalue weighted by Crippen LogP contribution is -2.34. The molecule has 1 aliphatic heterocycles. The summed E-state index contributed by atoms with van der Waals surface area (Å²) in [5.74, 6) is 0.122. The van der Waals surface area contributed by atoms with Gasteiger partial charge in [0.1, 0.15) is 0 Å². The summed E-state index contributed by atoms with van der Waals surface area (Å²) in [6, 6.07) is 19.0. The van der Waals surface area contributed by atoms with E-state index < -0.39 is 0 Å². The fourth-order valence-electron chi connectivity index (χ4n) is 3.78. The number of rotatable bonds is 6. The second kappa shape index (κ2) is 8.40. The first-order valence-electron chi connectivity index (χ1n) is 9.95. The van der Waals surface area contributed by atoms with Gasteiger partial charge in [-0.05, 0) is 18.1 Å². The van der Waals surface area contributed by atoms with E-state index >= 15 is 0 Å². The number of aromatic amines is 1. The average Bonchev–Trinajstić information content (AvgIpc) is 3.16. The van der Waals surface area contributed by atoms with Crippen molar-refractivity contribution in [1.29, 1.82) is 0 Å². The normalized spacial score (nSPS) is 13.9. The molecular weight excluding hydrogens is 348 g/mol. The number of hydrogen-bond donors (Lipinski definition) is 2. The second-order valence-electron chi connectivity index (χ2n) is 7.20. The van der Waals surface area contributed by atoms with Gasteiger partial charge in [0, 0.05) is 55.8 Å². The maximum atomic E-state index is 11.8. The average molecular weight is 374 g/mol. The third kappa shape index (κ3) is 3.99. The number of carbonyl (C=O) groups is 1. The molecule has 0 fully saturated rings. The Morgan fingerprint density at radius 3 is 2.54 bits per heavy atom. The number of benzene rings is 2. The Morgan fingerprint density at radius 2 is 1.79 bits per heavy atom. The van der Waals surface area contributed by atoms with E-state index in [0.29, 0.717) is 13.0 Å². The number of fused-ring (bicyclic) bond motifs is 1. The van der Waals surface area contributed by atoms with Gasteiger partial charge in [-0.1, -0.05) is 54.6 Å². The largest absolute Gasteiger partial charge is 0.356 e. The summed E-state index contributed by atoms with van der Waals surface area (Å²) in [4.78, 5) is 14.1. The molecule has 1 aromatic heterocycles. The lowest BCUT2D eigenvalue weighted by molar-refractivity contribution is -0.121. The highest BCUT2D eigenvalue weighted by atomic mass is 16.1. The quantitative estimate of drug-likeness (QED) is 0.693. The highest BCUT2D eigenvalue weighted by Gasteiger charge is 2.23. The van der Waals surface area contributed by atoms with Crippen molar-refractivity contribution in [2.45, 2.75) is 26.3 Å². The van der Waals surface area contributed by atoms with Crippen molar-refractivity contribution in [3.05, 3.63) is 65.9 Å². The minimum atomic E-state index is 0.122. The molecule has 0 saturated carbocycles. The molecule has 0 aliphatic carbocycles. The molecule has 0 radical (unpaired) electrons. The number of amides is 1. The molecule has 0 bridgehead atoms. The summed E-state index contributed by atoms with van der Waals surface area (Å²) in [6.45, 7) is 5.21. The van der Waals surface area contributed by atoms with Crippen molar-refractivity contribution in [2.75, 3.05) is 19.6 Å². The maximum absolute atomic E-state index is 11.8. The van der Waals surface area contributed by atoms with E-state index in [1.165, 1.54) is 22.4 Å². The van der Waals surface area contributed by atoms with E-state index in [0.717, 1.165) is 37.3 Å². The number of aromatic nitrogens is 2. The van der Waals surface area contributed by atoms with Gasteiger partial charge in [0.05, 0.1) is 5.69 Å². The fraction of sp³-hybridized carbons (Fsp3) is 0.304. The van der Waals surface area contributed by atoms with Crippen LogP contribution in [0.2, 0.25) is 0 Å². The van der Waals surface area contributed by atoms with E-state index in [4.69, 9.17) is 0 Å². The lowest BCUT2D eigenvalue weighted by atomic mass is 9.98. The molecule has 0 atom stereocenters. The molecule has 2 heterocycles. The molecule has 1 amide bonds. The number of carbonyl (C=O) groups excluding carboxylic acids is 1. The van der Waals surface area contributed by atoms with E-state index in [1.807, 2.05) is 13.0 Å². The van der Waals surface area contributed by atoms with Gasteiger partial charge < -0.3 is 5.32 Å². The SMILES string of the molecule is CCNC(=O)CCN1CCc2[nH]nc(-c3ccc(-c4ccccc4)cc3)c2C1. The lowest BCUT2D eigenvalue weighted by Gasteiger charge is -2.26. The van der Waals surface area contributed by atoms with Crippen LogP contribution in [-0.4, -0.2) is 40.6 Å². The third-order valence-corrected chi connectivity index (χ3v) is 5.31. The number of nitrogens with zero attached hydrogens (tertiary/aromatic N) is 2. The van der Waals surface area contributed by atoms with E-state index in [2.05, 4.69) is 68.9 Å². The summed E-state index contributed by atoms with van der Waals surface area (Å²) in [5, 5.41) is 10.7. The molecule has 2 N–H and O–H groups in total. The van der Waals surface area contributed by atoms with Gasteiger partial charge in [-0.3, -0.25) is 14.8 Å².